The second kappa shape index (κ2) is 4.78. The Bertz CT molecular complexity index is 848. The summed E-state index contributed by atoms with van der Waals surface area (Å²) in [6, 6.07) is 16.1. The van der Waals surface area contributed by atoms with Gasteiger partial charge in [-0.25, -0.2) is 0 Å². The molecule has 20 heavy (non-hydrogen) atoms. The second-order valence-electron chi connectivity index (χ2n) is 4.69. The molecule has 0 unspecified atom stereocenters. The van der Waals surface area contributed by atoms with Crippen molar-refractivity contribution in [2.24, 2.45) is 0 Å². The molecule has 0 aliphatic carbocycles. The van der Waals surface area contributed by atoms with E-state index in [9.17, 15) is 9.59 Å². The van der Waals surface area contributed by atoms with Gasteiger partial charge in [-0.05, 0) is 19.1 Å². The molecule has 3 aromatic rings. The molecular weight excluding hydrogens is 250 g/mol. The minimum atomic E-state index is -0.241. The molecule has 1 N–H and O–H groups in total. The van der Waals surface area contributed by atoms with Gasteiger partial charge in [0.25, 0.3) is 0 Å². The number of hydrogen-bond acceptors (Lipinski definition) is 2. The normalized spacial score (nSPS) is 10.7. The second-order valence-corrected chi connectivity index (χ2v) is 4.69. The summed E-state index contributed by atoms with van der Waals surface area (Å²) in [7, 11) is 0. The molecule has 0 amide bonds. The van der Waals surface area contributed by atoms with Gasteiger partial charge in [-0.15, -0.1) is 0 Å². The van der Waals surface area contributed by atoms with Crippen LogP contribution in [-0.2, 0) is 0 Å². The number of nitrogens with one attached hydrogen (secondary N) is 1. The summed E-state index contributed by atoms with van der Waals surface area (Å²) in [5.74, 6) is -0.241. The number of para-hydroxylation sites is 1. The Hall–Kier alpha value is -2.68. The van der Waals surface area contributed by atoms with Crippen molar-refractivity contribution in [1.82, 2.24) is 4.98 Å². The molecule has 0 bridgehead atoms. The highest BCUT2D eigenvalue weighted by Gasteiger charge is 2.17. The highest BCUT2D eigenvalue weighted by Crippen LogP contribution is 2.14. The van der Waals surface area contributed by atoms with Crippen molar-refractivity contribution in [3.63, 3.8) is 0 Å². The first-order valence-corrected chi connectivity index (χ1v) is 6.40. The van der Waals surface area contributed by atoms with Gasteiger partial charge in [0.2, 0.25) is 5.43 Å². The largest absolute Gasteiger partial charge is 0.358 e. The number of aromatic amines is 1. The molecule has 0 saturated carbocycles. The Morgan fingerprint density at radius 2 is 1.60 bits per heavy atom. The van der Waals surface area contributed by atoms with E-state index in [0.717, 1.165) is 5.52 Å². The SMILES string of the molecule is Cc1[nH]c2ccccc2c(=O)c1C(=O)c1ccccc1. The number of hydrogen-bond donors (Lipinski definition) is 1. The van der Waals surface area contributed by atoms with Crippen LogP contribution < -0.4 is 5.43 Å². The molecule has 98 valence electrons. The molecule has 1 aromatic heterocycles. The summed E-state index contributed by atoms with van der Waals surface area (Å²) in [6.45, 7) is 1.75. The number of aromatic nitrogens is 1. The zero-order chi connectivity index (χ0) is 14.1. The third kappa shape index (κ3) is 1.93. The van der Waals surface area contributed by atoms with Crippen LogP contribution in [0.2, 0.25) is 0 Å². The maximum atomic E-state index is 12.5. The summed E-state index contributed by atoms with van der Waals surface area (Å²) in [5.41, 5.74) is 1.87. The molecule has 0 atom stereocenters. The molecule has 0 saturated heterocycles. The molecule has 3 rings (SSSR count). The summed E-state index contributed by atoms with van der Waals surface area (Å²) < 4.78 is 0. The van der Waals surface area contributed by atoms with Crippen LogP contribution in [0.15, 0.2) is 59.4 Å². The molecule has 0 aliphatic rings. The van der Waals surface area contributed by atoms with Crippen LogP contribution in [0.1, 0.15) is 21.6 Å². The van der Waals surface area contributed by atoms with Gasteiger partial charge >= 0.3 is 0 Å². The van der Waals surface area contributed by atoms with Crippen molar-refractivity contribution in [3.8, 4) is 0 Å². The number of carbonyl (C=O) groups excluding carboxylic acids is 1. The average molecular weight is 263 g/mol. The van der Waals surface area contributed by atoms with E-state index < -0.39 is 0 Å². The molecule has 0 radical (unpaired) electrons. The highest BCUT2D eigenvalue weighted by molar-refractivity contribution is 6.10. The van der Waals surface area contributed by atoms with Crippen LogP contribution in [0.3, 0.4) is 0 Å². The van der Waals surface area contributed by atoms with Crippen molar-refractivity contribution in [2.45, 2.75) is 6.92 Å². The minimum absolute atomic E-state index is 0.217. The van der Waals surface area contributed by atoms with Crippen LogP contribution in [-0.4, -0.2) is 10.8 Å². The Labute approximate surface area is 115 Å². The summed E-state index contributed by atoms with van der Waals surface area (Å²) in [6.07, 6.45) is 0. The fourth-order valence-electron chi connectivity index (χ4n) is 2.37. The van der Waals surface area contributed by atoms with Gasteiger partial charge in [-0.2, -0.15) is 0 Å². The first kappa shape index (κ1) is 12.4. The van der Waals surface area contributed by atoms with Gasteiger partial charge < -0.3 is 4.98 Å². The molecule has 0 aliphatic heterocycles. The molecule has 2 aromatic carbocycles. The van der Waals surface area contributed by atoms with E-state index in [1.165, 1.54) is 0 Å². The quantitative estimate of drug-likeness (QED) is 0.722. The van der Waals surface area contributed by atoms with E-state index in [-0.39, 0.29) is 16.8 Å². The topological polar surface area (TPSA) is 49.9 Å². The van der Waals surface area contributed by atoms with Gasteiger partial charge in [0.1, 0.15) is 0 Å². The lowest BCUT2D eigenvalue weighted by molar-refractivity contribution is 0.103. The van der Waals surface area contributed by atoms with E-state index in [0.29, 0.717) is 16.6 Å². The maximum absolute atomic E-state index is 12.5. The fourth-order valence-corrected chi connectivity index (χ4v) is 2.37. The van der Waals surface area contributed by atoms with E-state index in [4.69, 9.17) is 0 Å². The molecule has 3 nitrogen and oxygen atoms in total. The number of fused-ring (bicyclic) bond motifs is 1. The molecule has 0 spiro atoms. The number of carbonyl (C=O) groups is 1. The van der Waals surface area contributed by atoms with Gasteiger partial charge in [0.05, 0.1) is 5.56 Å². The monoisotopic (exact) mass is 263 g/mol. The predicted molar refractivity (Wildman–Crippen MR) is 79.2 cm³/mol. The summed E-state index contributed by atoms with van der Waals surface area (Å²) >= 11 is 0. The maximum Gasteiger partial charge on any atom is 0.200 e. The summed E-state index contributed by atoms with van der Waals surface area (Å²) in [5, 5.41) is 0.539. The molecule has 1 heterocycles. The van der Waals surface area contributed by atoms with Gasteiger partial charge in [-0.1, -0.05) is 42.5 Å². The predicted octanol–water partition coefficient (Wildman–Crippen LogP) is 3.07. The lowest BCUT2D eigenvalue weighted by atomic mass is 10.00. The first-order chi connectivity index (χ1) is 9.68. The van der Waals surface area contributed by atoms with Gasteiger partial charge in [0.15, 0.2) is 5.78 Å². The van der Waals surface area contributed by atoms with Crippen molar-refractivity contribution in [1.29, 1.82) is 0 Å². The first-order valence-electron chi connectivity index (χ1n) is 6.40. The lowest BCUT2D eigenvalue weighted by Crippen LogP contribution is -2.19. The Morgan fingerprint density at radius 1 is 0.950 bits per heavy atom. The Kier molecular flexibility index (Phi) is 2.95. The smallest absolute Gasteiger partial charge is 0.200 e. The number of H-pyrrole nitrogens is 1. The zero-order valence-electron chi connectivity index (χ0n) is 11.0. The third-order valence-corrected chi connectivity index (χ3v) is 3.36. The highest BCUT2D eigenvalue weighted by atomic mass is 16.1. The van der Waals surface area contributed by atoms with Crippen molar-refractivity contribution >= 4 is 16.7 Å². The van der Waals surface area contributed by atoms with Gasteiger partial charge in [-0.3, -0.25) is 9.59 Å². The standard InChI is InChI=1S/C17H13NO2/c1-11-15(16(19)12-7-3-2-4-8-12)17(20)13-9-5-6-10-14(13)18-11/h2-10H,1H3,(H,18,20). The number of rotatable bonds is 2. The lowest BCUT2D eigenvalue weighted by Gasteiger charge is -2.07. The average Bonchev–Trinajstić information content (AvgIpc) is 2.48. The van der Waals surface area contributed by atoms with Crippen LogP contribution in [0.25, 0.3) is 10.9 Å². The zero-order valence-corrected chi connectivity index (χ0v) is 11.0. The number of pyridine rings is 1. The molecule has 3 heteroatoms. The summed E-state index contributed by atoms with van der Waals surface area (Å²) in [4.78, 5) is 28.2. The van der Waals surface area contributed by atoms with Crippen molar-refractivity contribution < 1.29 is 4.79 Å². The van der Waals surface area contributed by atoms with Gasteiger partial charge in [0, 0.05) is 22.2 Å². The van der Waals surface area contributed by atoms with E-state index in [2.05, 4.69) is 4.98 Å². The fraction of sp³-hybridized carbons (Fsp3) is 0.0588. The van der Waals surface area contributed by atoms with Crippen LogP contribution in [0.4, 0.5) is 0 Å². The van der Waals surface area contributed by atoms with Crippen LogP contribution in [0, 0.1) is 6.92 Å². The van der Waals surface area contributed by atoms with E-state index in [1.54, 1.807) is 43.3 Å². The minimum Gasteiger partial charge on any atom is -0.358 e. The molecule has 0 fully saturated rings. The number of benzene rings is 2. The third-order valence-electron chi connectivity index (χ3n) is 3.36. The van der Waals surface area contributed by atoms with Crippen LogP contribution in [0.5, 0.6) is 0 Å². The number of aryl methyl sites for hydroxylation is 1. The van der Waals surface area contributed by atoms with Crippen LogP contribution >= 0.6 is 0 Å². The van der Waals surface area contributed by atoms with E-state index in [1.807, 2.05) is 18.2 Å². The van der Waals surface area contributed by atoms with E-state index >= 15 is 0 Å². The Balaban J connectivity index is 2.27. The number of ketones is 1. The van der Waals surface area contributed by atoms with Crippen molar-refractivity contribution in [3.05, 3.63) is 81.6 Å². The van der Waals surface area contributed by atoms with Crippen molar-refractivity contribution in [2.75, 3.05) is 0 Å². The molecular formula is C17H13NO2. The Morgan fingerprint density at radius 3 is 2.35 bits per heavy atom.